The van der Waals surface area contributed by atoms with Crippen molar-refractivity contribution in [2.45, 2.75) is 6.92 Å². The molecule has 0 aliphatic heterocycles. The van der Waals surface area contributed by atoms with E-state index in [-0.39, 0.29) is 0 Å². The van der Waals surface area contributed by atoms with Gasteiger partial charge in [-0.15, -0.1) is 11.3 Å². The minimum absolute atomic E-state index is 0.789. The molecule has 2 N–H and O–H groups in total. The van der Waals surface area contributed by atoms with Crippen molar-refractivity contribution in [1.29, 1.82) is 0 Å². The fraction of sp³-hybridized carbons (Fsp3) is 0.0714. The minimum Gasteiger partial charge on any atom is -0.399 e. The summed E-state index contributed by atoms with van der Waals surface area (Å²) in [5.41, 5.74) is 10.00. The van der Waals surface area contributed by atoms with Crippen molar-refractivity contribution < 1.29 is 0 Å². The topological polar surface area (TPSA) is 38.9 Å². The first kappa shape index (κ1) is 10.3. The first-order valence-corrected chi connectivity index (χ1v) is 6.27. The van der Waals surface area contributed by atoms with Crippen LogP contribution in [0.2, 0.25) is 0 Å². The Bertz CT molecular complexity index is 668. The van der Waals surface area contributed by atoms with E-state index in [2.05, 4.69) is 36.2 Å². The van der Waals surface area contributed by atoms with Crippen LogP contribution >= 0.6 is 11.3 Å². The second-order valence-corrected chi connectivity index (χ2v) is 5.14. The summed E-state index contributed by atoms with van der Waals surface area (Å²) >= 11 is 1.68. The smallest absolute Gasteiger partial charge is 0.124 e. The van der Waals surface area contributed by atoms with Crippen LogP contribution in [0.15, 0.2) is 42.5 Å². The molecule has 1 aromatic heterocycles. The van der Waals surface area contributed by atoms with E-state index in [9.17, 15) is 0 Å². The molecule has 0 amide bonds. The van der Waals surface area contributed by atoms with Crippen LogP contribution in [0, 0.1) is 6.92 Å². The Morgan fingerprint density at radius 3 is 2.59 bits per heavy atom. The SMILES string of the molecule is Cc1ccc(-c2nc3ccc(N)cc3s2)cc1. The zero-order valence-corrected chi connectivity index (χ0v) is 10.3. The Morgan fingerprint density at radius 1 is 1.06 bits per heavy atom. The van der Waals surface area contributed by atoms with Crippen molar-refractivity contribution in [3.63, 3.8) is 0 Å². The second-order valence-electron chi connectivity index (χ2n) is 4.11. The number of nitrogen functional groups attached to an aromatic ring is 1. The van der Waals surface area contributed by atoms with Crippen molar-refractivity contribution in [3.8, 4) is 10.6 Å². The Kier molecular flexibility index (Phi) is 2.34. The van der Waals surface area contributed by atoms with Crippen molar-refractivity contribution in [2.75, 3.05) is 5.73 Å². The Hall–Kier alpha value is -1.87. The first-order valence-electron chi connectivity index (χ1n) is 5.45. The number of aromatic nitrogens is 1. The summed E-state index contributed by atoms with van der Waals surface area (Å²) in [5.74, 6) is 0. The Morgan fingerprint density at radius 2 is 1.82 bits per heavy atom. The Balaban J connectivity index is 2.14. The molecule has 0 saturated heterocycles. The van der Waals surface area contributed by atoms with Crippen LogP contribution in [0.3, 0.4) is 0 Å². The molecule has 17 heavy (non-hydrogen) atoms. The first-order chi connectivity index (χ1) is 8.22. The molecule has 84 valence electrons. The van der Waals surface area contributed by atoms with Gasteiger partial charge in [-0.25, -0.2) is 4.98 Å². The highest BCUT2D eigenvalue weighted by molar-refractivity contribution is 7.21. The van der Waals surface area contributed by atoms with Gasteiger partial charge in [-0.1, -0.05) is 29.8 Å². The van der Waals surface area contributed by atoms with Crippen molar-refractivity contribution in [3.05, 3.63) is 48.0 Å². The highest BCUT2D eigenvalue weighted by atomic mass is 32.1. The van der Waals surface area contributed by atoms with Gasteiger partial charge in [0.1, 0.15) is 5.01 Å². The molecule has 0 aliphatic rings. The lowest BCUT2D eigenvalue weighted by atomic mass is 10.2. The largest absolute Gasteiger partial charge is 0.399 e. The van der Waals surface area contributed by atoms with E-state index in [1.807, 2.05) is 18.2 Å². The molecule has 3 rings (SSSR count). The van der Waals surface area contributed by atoms with E-state index in [1.165, 1.54) is 5.56 Å². The van der Waals surface area contributed by atoms with E-state index in [4.69, 9.17) is 5.73 Å². The molecule has 2 nitrogen and oxygen atoms in total. The summed E-state index contributed by atoms with van der Waals surface area (Å²) in [5, 5.41) is 1.05. The summed E-state index contributed by atoms with van der Waals surface area (Å²) in [6, 6.07) is 14.3. The fourth-order valence-electron chi connectivity index (χ4n) is 1.76. The van der Waals surface area contributed by atoms with Crippen LogP contribution < -0.4 is 5.73 Å². The number of nitrogens with two attached hydrogens (primary N) is 1. The van der Waals surface area contributed by atoms with Gasteiger partial charge >= 0.3 is 0 Å². The zero-order valence-electron chi connectivity index (χ0n) is 9.47. The maximum absolute atomic E-state index is 5.77. The number of nitrogens with zero attached hydrogens (tertiary/aromatic N) is 1. The number of thiazole rings is 1. The van der Waals surface area contributed by atoms with Crippen LogP contribution in [-0.2, 0) is 0 Å². The fourth-order valence-corrected chi connectivity index (χ4v) is 2.78. The lowest BCUT2D eigenvalue weighted by Crippen LogP contribution is -1.81. The predicted molar refractivity (Wildman–Crippen MR) is 74.2 cm³/mol. The number of aryl methyl sites for hydroxylation is 1. The lowest BCUT2D eigenvalue weighted by molar-refractivity contribution is 1.44. The molecule has 0 bridgehead atoms. The third-order valence-electron chi connectivity index (χ3n) is 2.71. The van der Waals surface area contributed by atoms with E-state index in [0.29, 0.717) is 0 Å². The van der Waals surface area contributed by atoms with Gasteiger partial charge in [0.15, 0.2) is 0 Å². The van der Waals surface area contributed by atoms with Crippen LogP contribution in [0.25, 0.3) is 20.8 Å². The molecule has 0 unspecified atom stereocenters. The molecule has 0 aliphatic carbocycles. The quantitative estimate of drug-likeness (QED) is 0.656. The summed E-state index contributed by atoms with van der Waals surface area (Å²) in [6.07, 6.45) is 0. The molecule has 3 aromatic rings. The Labute approximate surface area is 104 Å². The number of fused-ring (bicyclic) bond motifs is 1. The average molecular weight is 240 g/mol. The van der Waals surface area contributed by atoms with Gasteiger partial charge < -0.3 is 5.73 Å². The number of hydrogen-bond acceptors (Lipinski definition) is 3. The third-order valence-corrected chi connectivity index (χ3v) is 3.78. The van der Waals surface area contributed by atoms with Gasteiger partial charge in [0, 0.05) is 11.3 Å². The summed E-state index contributed by atoms with van der Waals surface area (Å²) in [6.45, 7) is 2.09. The van der Waals surface area contributed by atoms with E-state index in [1.54, 1.807) is 11.3 Å². The van der Waals surface area contributed by atoms with Gasteiger partial charge in [-0.3, -0.25) is 0 Å². The van der Waals surface area contributed by atoms with Crippen LogP contribution in [0.1, 0.15) is 5.56 Å². The second kappa shape index (κ2) is 3.86. The number of rotatable bonds is 1. The highest BCUT2D eigenvalue weighted by Gasteiger charge is 2.05. The molecule has 0 atom stereocenters. The van der Waals surface area contributed by atoms with Crippen molar-refractivity contribution in [2.24, 2.45) is 0 Å². The summed E-state index contributed by atoms with van der Waals surface area (Å²) < 4.78 is 1.14. The van der Waals surface area contributed by atoms with Crippen LogP contribution in [0.4, 0.5) is 5.69 Å². The molecule has 0 spiro atoms. The van der Waals surface area contributed by atoms with Crippen molar-refractivity contribution >= 4 is 27.2 Å². The third kappa shape index (κ3) is 1.89. The maximum atomic E-state index is 5.77. The number of anilines is 1. The highest BCUT2D eigenvalue weighted by Crippen LogP contribution is 2.31. The standard InChI is InChI=1S/C14H12N2S/c1-9-2-4-10(5-3-9)14-16-12-7-6-11(15)8-13(12)17-14/h2-8H,15H2,1H3. The molecular weight excluding hydrogens is 228 g/mol. The van der Waals surface area contributed by atoms with Gasteiger partial charge in [0.05, 0.1) is 10.2 Å². The zero-order chi connectivity index (χ0) is 11.8. The van der Waals surface area contributed by atoms with Crippen LogP contribution in [-0.4, -0.2) is 4.98 Å². The molecule has 3 heteroatoms. The molecule has 2 aromatic carbocycles. The van der Waals surface area contributed by atoms with Gasteiger partial charge in [0.25, 0.3) is 0 Å². The molecule has 1 heterocycles. The number of benzene rings is 2. The maximum Gasteiger partial charge on any atom is 0.124 e. The molecule has 0 fully saturated rings. The number of hydrogen-bond donors (Lipinski definition) is 1. The minimum atomic E-state index is 0.789. The molecular formula is C14H12N2S. The van der Waals surface area contributed by atoms with E-state index >= 15 is 0 Å². The monoisotopic (exact) mass is 240 g/mol. The average Bonchev–Trinajstić information content (AvgIpc) is 2.72. The summed E-state index contributed by atoms with van der Waals surface area (Å²) in [4.78, 5) is 4.62. The van der Waals surface area contributed by atoms with Crippen LogP contribution in [0.5, 0.6) is 0 Å². The van der Waals surface area contributed by atoms with Crippen molar-refractivity contribution in [1.82, 2.24) is 4.98 Å². The van der Waals surface area contributed by atoms with E-state index in [0.717, 1.165) is 26.5 Å². The molecule has 0 saturated carbocycles. The van der Waals surface area contributed by atoms with Gasteiger partial charge in [-0.05, 0) is 25.1 Å². The predicted octanol–water partition coefficient (Wildman–Crippen LogP) is 3.85. The molecule has 0 radical (unpaired) electrons. The van der Waals surface area contributed by atoms with Gasteiger partial charge in [0.2, 0.25) is 0 Å². The lowest BCUT2D eigenvalue weighted by Gasteiger charge is -1.95. The normalized spacial score (nSPS) is 10.9. The van der Waals surface area contributed by atoms with Gasteiger partial charge in [-0.2, -0.15) is 0 Å². The van der Waals surface area contributed by atoms with E-state index < -0.39 is 0 Å². The summed E-state index contributed by atoms with van der Waals surface area (Å²) in [7, 11) is 0.